The third-order valence-corrected chi connectivity index (χ3v) is 5.44. The first-order valence-corrected chi connectivity index (χ1v) is 11.2. The molecule has 2 unspecified atom stereocenters. The maximum Gasteiger partial charge on any atom is 0.119 e. The molecule has 26 heavy (non-hydrogen) atoms. The molecular formula is C24H40O2. The van der Waals surface area contributed by atoms with Crippen LogP contribution in [0, 0.1) is 0 Å². The molecule has 1 aromatic carbocycles. The van der Waals surface area contributed by atoms with Crippen LogP contribution in [0.5, 0.6) is 5.75 Å². The van der Waals surface area contributed by atoms with Gasteiger partial charge in [-0.25, -0.2) is 0 Å². The van der Waals surface area contributed by atoms with E-state index in [1.807, 2.05) is 30.3 Å². The van der Waals surface area contributed by atoms with E-state index in [2.05, 4.69) is 6.92 Å². The van der Waals surface area contributed by atoms with E-state index in [1.54, 1.807) is 0 Å². The molecule has 0 aromatic heterocycles. The molecule has 2 atom stereocenters. The van der Waals surface area contributed by atoms with Crippen molar-refractivity contribution in [2.45, 2.75) is 109 Å². The summed E-state index contributed by atoms with van der Waals surface area (Å²) < 4.78 is 11.5. The molecule has 1 aromatic rings. The van der Waals surface area contributed by atoms with Gasteiger partial charge < -0.3 is 9.47 Å². The van der Waals surface area contributed by atoms with Crippen molar-refractivity contribution in [1.82, 2.24) is 0 Å². The highest BCUT2D eigenvalue weighted by Gasteiger charge is 2.38. The largest absolute Gasteiger partial charge is 0.491 e. The van der Waals surface area contributed by atoms with Crippen molar-refractivity contribution >= 4 is 0 Å². The quantitative estimate of drug-likeness (QED) is 0.214. The molecular weight excluding hydrogens is 320 g/mol. The maximum atomic E-state index is 5.75. The topological polar surface area (TPSA) is 21.8 Å². The molecule has 2 rings (SSSR count). The molecule has 0 spiro atoms. The zero-order valence-electron chi connectivity index (χ0n) is 17.0. The molecule has 1 saturated heterocycles. The Morgan fingerprint density at radius 1 is 0.692 bits per heavy atom. The number of hydrogen-bond acceptors (Lipinski definition) is 2. The van der Waals surface area contributed by atoms with Gasteiger partial charge in [0.05, 0.1) is 6.10 Å². The van der Waals surface area contributed by atoms with Gasteiger partial charge in [-0.1, -0.05) is 109 Å². The third kappa shape index (κ3) is 10.2. The number of hydrogen-bond donors (Lipinski definition) is 0. The van der Waals surface area contributed by atoms with Crippen LogP contribution in [0.15, 0.2) is 30.3 Å². The second-order valence-corrected chi connectivity index (χ2v) is 7.87. The molecule has 1 aliphatic rings. The Hall–Kier alpha value is -1.02. The van der Waals surface area contributed by atoms with Crippen LogP contribution in [0.1, 0.15) is 96.8 Å². The molecule has 0 N–H and O–H groups in total. The van der Waals surface area contributed by atoms with Crippen molar-refractivity contribution in [2.24, 2.45) is 0 Å². The Bertz CT molecular complexity index is 431. The maximum absolute atomic E-state index is 5.75. The summed E-state index contributed by atoms with van der Waals surface area (Å²) in [5, 5.41) is 0. The van der Waals surface area contributed by atoms with Crippen LogP contribution < -0.4 is 4.74 Å². The Labute approximate surface area is 161 Å². The normalized spacial score (nSPS) is 18.8. The Morgan fingerprint density at radius 2 is 1.23 bits per heavy atom. The fraction of sp³-hybridized carbons (Fsp3) is 0.750. The van der Waals surface area contributed by atoms with E-state index in [1.165, 1.54) is 89.9 Å². The lowest BCUT2D eigenvalue weighted by Crippen LogP contribution is -2.07. The minimum atomic E-state index is 0.326. The molecule has 148 valence electrons. The minimum Gasteiger partial charge on any atom is -0.491 e. The predicted molar refractivity (Wildman–Crippen MR) is 111 cm³/mol. The molecule has 0 radical (unpaired) electrons. The van der Waals surface area contributed by atoms with Gasteiger partial charge in [0.15, 0.2) is 0 Å². The van der Waals surface area contributed by atoms with Gasteiger partial charge in [0.25, 0.3) is 0 Å². The van der Waals surface area contributed by atoms with Gasteiger partial charge in [-0.15, -0.1) is 0 Å². The zero-order chi connectivity index (χ0) is 18.3. The molecule has 0 amide bonds. The second-order valence-electron chi connectivity index (χ2n) is 7.87. The summed E-state index contributed by atoms with van der Waals surface area (Å²) in [6.45, 7) is 2.99. The van der Waals surface area contributed by atoms with Gasteiger partial charge >= 0.3 is 0 Å². The van der Waals surface area contributed by atoms with Gasteiger partial charge in [-0.05, 0) is 18.6 Å². The van der Waals surface area contributed by atoms with Crippen molar-refractivity contribution < 1.29 is 9.47 Å². The van der Waals surface area contributed by atoms with Crippen LogP contribution in [-0.2, 0) is 4.74 Å². The fourth-order valence-corrected chi connectivity index (χ4v) is 3.64. The molecule has 2 heteroatoms. The molecule has 1 aliphatic heterocycles. The van der Waals surface area contributed by atoms with E-state index < -0.39 is 0 Å². The number of ether oxygens (including phenoxy) is 2. The van der Waals surface area contributed by atoms with E-state index in [0.717, 1.165) is 5.75 Å². The summed E-state index contributed by atoms with van der Waals surface area (Å²) >= 11 is 0. The Balaban J connectivity index is 1.29. The highest BCUT2D eigenvalue weighted by molar-refractivity contribution is 5.21. The first kappa shape index (κ1) is 21.3. The second kappa shape index (κ2) is 14.1. The lowest BCUT2D eigenvalue weighted by atomic mass is 10.0. The lowest BCUT2D eigenvalue weighted by Gasteiger charge is -2.03. The van der Waals surface area contributed by atoms with Crippen LogP contribution in [0.25, 0.3) is 0 Å². The summed E-state index contributed by atoms with van der Waals surface area (Å²) in [7, 11) is 0. The van der Waals surface area contributed by atoms with Gasteiger partial charge in [0.2, 0.25) is 0 Å². The average Bonchev–Trinajstić information content (AvgIpc) is 3.43. The minimum absolute atomic E-state index is 0.326. The number of para-hydroxylation sites is 1. The monoisotopic (exact) mass is 360 g/mol. The van der Waals surface area contributed by atoms with E-state index in [-0.39, 0.29) is 0 Å². The highest BCUT2D eigenvalue weighted by Crippen LogP contribution is 2.28. The Morgan fingerprint density at radius 3 is 1.81 bits per heavy atom. The average molecular weight is 361 g/mol. The molecule has 0 saturated carbocycles. The number of epoxide rings is 1. The SMILES string of the molecule is CCCCCCCCCCCCCCCC1OC1COc1ccccc1. The van der Waals surface area contributed by atoms with Gasteiger partial charge in [-0.2, -0.15) is 0 Å². The number of rotatable bonds is 17. The molecule has 0 bridgehead atoms. The zero-order valence-corrected chi connectivity index (χ0v) is 17.0. The molecule has 0 aliphatic carbocycles. The van der Waals surface area contributed by atoms with Crippen LogP contribution in [0.3, 0.4) is 0 Å². The standard InChI is InChI=1S/C24H40O2/c1-2-3-4-5-6-7-8-9-10-11-12-13-17-20-23-24(26-23)21-25-22-18-15-14-16-19-22/h14-16,18-19,23-24H,2-13,17,20-21H2,1H3. The van der Waals surface area contributed by atoms with E-state index in [4.69, 9.17) is 9.47 Å². The van der Waals surface area contributed by atoms with Crippen molar-refractivity contribution in [3.8, 4) is 5.75 Å². The smallest absolute Gasteiger partial charge is 0.119 e. The first-order chi connectivity index (χ1) is 12.9. The summed E-state index contributed by atoms with van der Waals surface area (Å²) in [4.78, 5) is 0. The molecule has 1 heterocycles. The molecule has 1 fully saturated rings. The Kier molecular flexibility index (Phi) is 11.5. The van der Waals surface area contributed by atoms with Gasteiger partial charge in [0, 0.05) is 0 Å². The highest BCUT2D eigenvalue weighted by atomic mass is 16.6. The fourth-order valence-electron chi connectivity index (χ4n) is 3.64. The molecule has 2 nitrogen and oxygen atoms in total. The van der Waals surface area contributed by atoms with Crippen molar-refractivity contribution in [1.29, 1.82) is 0 Å². The first-order valence-electron chi connectivity index (χ1n) is 11.2. The number of unbranched alkanes of at least 4 members (excludes halogenated alkanes) is 12. The van der Waals surface area contributed by atoms with Crippen molar-refractivity contribution in [2.75, 3.05) is 6.61 Å². The van der Waals surface area contributed by atoms with E-state index in [0.29, 0.717) is 18.8 Å². The lowest BCUT2D eigenvalue weighted by molar-refractivity contribution is 0.259. The third-order valence-electron chi connectivity index (χ3n) is 5.44. The van der Waals surface area contributed by atoms with Crippen LogP contribution in [-0.4, -0.2) is 18.8 Å². The van der Waals surface area contributed by atoms with Crippen LogP contribution in [0.2, 0.25) is 0 Å². The summed E-state index contributed by atoms with van der Waals surface area (Å²) in [6.07, 6.45) is 20.4. The van der Waals surface area contributed by atoms with Crippen molar-refractivity contribution in [3.05, 3.63) is 30.3 Å². The van der Waals surface area contributed by atoms with Gasteiger partial charge in [-0.3, -0.25) is 0 Å². The van der Waals surface area contributed by atoms with Crippen LogP contribution in [0.4, 0.5) is 0 Å². The summed E-state index contributed by atoms with van der Waals surface area (Å²) in [5.74, 6) is 0.947. The summed E-state index contributed by atoms with van der Waals surface area (Å²) in [6, 6.07) is 10.0. The van der Waals surface area contributed by atoms with Crippen molar-refractivity contribution in [3.63, 3.8) is 0 Å². The van der Waals surface area contributed by atoms with E-state index >= 15 is 0 Å². The van der Waals surface area contributed by atoms with Gasteiger partial charge in [0.1, 0.15) is 18.5 Å². The summed E-state index contributed by atoms with van der Waals surface area (Å²) in [5.41, 5.74) is 0. The number of benzene rings is 1. The van der Waals surface area contributed by atoms with E-state index in [9.17, 15) is 0 Å². The predicted octanol–water partition coefficient (Wildman–Crippen LogP) is 7.31. The van der Waals surface area contributed by atoms with Crippen LogP contribution >= 0.6 is 0 Å².